The second-order valence-electron chi connectivity index (χ2n) is 6.77. The van der Waals surface area contributed by atoms with Gasteiger partial charge >= 0.3 is 12.1 Å². The fraction of sp³-hybridized carbons (Fsp3) is 0.556. The van der Waals surface area contributed by atoms with Gasteiger partial charge in [0.05, 0.1) is 6.04 Å². The highest BCUT2D eigenvalue weighted by atomic mass is 16.6. The van der Waals surface area contributed by atoms with Crippen LogP contribution in [0.25, 0.3) is 0 Å². The molecular weight excluding hydrogens is 294 g/mol. The molecule has 0 aliphatic rings. The van der Waals surface area contributed by atoms with E-state index in [9.17, 15) is 9.59 Å². The van der Waals surface area contributed by atoms with Crippen LogP contribution in [-0.4, -0.2) is 23.8 Å². The number of hydrogen-bond acceptors (Lipinski definition) is 4. The molecule has 1 rings (SSSR count). The molecule has 0 bridgehead atoms. The molecule has 0 heterocycles. The number of amides is 1. The maximum Gasteiger partial charge on any atom is 0.408 e. The van der Waals surface area contributed by atoms with E-state index in [0.29, 0.717) is 6.42 Å². The van der Waals surface area contributed by atoms with Gasteiger partial charge in [0.2, 0.25) is 0 Å². The first-order valence-electron chi connectivity index (χ1n) is 7.80. The second-order valence-corrected chi connectivity index (χ2v) is 6.77. The number of hydrogen-bond donors (Lipinski definition) is 1. The van der Waals surface area contributed by atoms with Crippen molar-refractivity contribution < 1.29 is 19.1 Å². The van der Waals surface area contributed by atoms with Crippen LogP contribution in [0.15, 0.2) is 24.3 Å². The van der Waals surface area contributed by atoms with Crippen molar-refractivity contribution in [2.75, 3.05) is 0 Å². The number of rotatable bonds is 5. The van der Waals surface area contributed by atoms with E-state index in [2.05, 4.69) is 5.32 Å². The van der Waals surface area contributed by atoms with Gasteiger partial charge in [-0.05, 0) is 40.2 Å². The number of carbonyl (C=O) groups is 2. The van der Waals surface area contributed by atoms with Crippen LogP contribution in [0.1, 0.15) is 58.2 Å². The molecule has 1 aromatic carbocycles. The van der Waals surface area contributed by atoms with Gasteiger partial charge in [0, 0.05) is 13.3 Å². The second kappa shape index (κ2) is 7.99. The Morgan fingerprint density at radius 3 is 2.43 bits per heavy atom. The monoisotopic (exact) mass is 321 g/mol. The van der Waals surface area contributed by atoms with Crippen LogP contribution >= 0.6 is 0 Å². The maximum atomic E-state index is 12.1. The minimum atomic E-state index is -0.567. The van der Waals surface area contributed by atoms with Crippen LogP contribution in [0.2, 0.25) is 0 Å². The van der Waals surface area contributed by atoms with Gasteiger partial charge in [0.15, 0.2) is 0 Å². The fourth-order valence-corrected chi connectivity index (χ4v) is 2.28. The van der Waals surface area contributed by atoms with Crippen LogP contribution < -0.4 is 5.32 Å². The smallest absolute Gasteiger partial charge is 0.408 e. The van der Waals surface area contributed by atoms with Crippen molar-refractivity contribution in [1.82, 2.24) is 5.32 Å². The number of carbonyl (C=O) groups excluding carboxylic acids is 2. The fourth-order valence-electron chi connectivity index (χ4n) is 2.28. The Labute approximate surface area is 138 Å². The zero-order valence-electron chi connectivity index (χ0n) is 14.8. The van der Waals surface area contributed by atoms with E-state index in [1.807, 2.05) is 52.0 Å². The summed E-state index contributed by atoms with van der Waals surface area (Å²) in [4.78, 5) is 23.2. The Hall–Kier alpha value is -2.04. The molecule has 0 saturated carbocycles. The summed E-state index contributed by atoms with van der Waals surface area (Å²) in [6.45, 7) is 10.6. The van der Waals surface area contributed by atoms with Crippen LogP contribution in [0, 0.1) is 6.92 Å². The normalized spacial score (nSPS) is 13.8. The van der Waals surface area contributed by atoms with Crippen molar-refractivity contribution >= 4 is 12.1 Å². The Balaban J connectivity index is 2.88. The van der Waals surface area contributed by atoms with Gasteiger partial charge in [-0.3, -0.25) is 4.79 Å². The van der Waals surface area contributed by atoms with Crippen LogP contribution in [0.3, 0.4) is 0 Å². The summed E-state index contributed by atoms with van der Waals surface area (Å²) in [5.74, 6) is -0.335. The van der Waals surface area contributed by atoms with Crippen LogP contribution in [0.5, 0.6) is 0 Å². The zero-order valence-corrected chi connectivity index (χ0v) is 14.8. The maximum absolute atomic E-state index is 12.1. The number of aryl methyl sites for hydroxylation is 1. The Morgan fingerprint density at radius 2 is 1.91 bits per heavy atom. The first-order valence-corrected chi connectivity index (χ1v) is 7.80. The van der Waals surface area contributed by atoms with E-state index < -0.39 is 11.7 Å². The summed E-state index contributed by atoms with van der Waals surface area (Å²) >= 11 is 0. The molecule has 23 heavy (non-hydrogen) atoms. The average Bonchev–Trinajstić information content (AvgIpc) is 2.34. The summed E-state index contributed by atoms with van der Waals surface area (Å²) in [7, 11) is 0. The summed E-state index contributed by atoms with van der Waals surface area (Å²) in [5, 5.41) is 2.87. The average molecular weight is 321 g/mol. The Morgan fingerprint density at radius 1 is 1.26 bits per heavy atom. The van der Waals surface area contributed by atoms with Crippen LogP contribution in [-0.2, 0) is 14.3 Å². The van der Waals surface area contributed by atoms with Gasteiger partial charge in [-0.25, -0.2) is 4.79 Å². The van der Waals surface area contributed by atoms with E-state index >= 15 is 0 Å². The molecule has 0 radical (unpaired) electrons. The van der Waals surface area contributed by atoms with E-state index in [1.54, 1.807) is 6.92 Å². The molecular formula is C18H27NO4. The Bertz CT molecular complexity index is 548. The highest BCUT2D eigenvalue weighted by Crippen LogP contribution is 2.22. The van der Waals surface area contributed by atoms with Crippen molar-refractivity contribution in [2.24, 2.45) is 0 Å². The molecule has 5 heteroatoms. The van der Waals surface area contributed by atoms with Gasteiger partial charge in [-0.15, -0.1) is 0 Å². The van der Waals surface area contributed by atoms with Crippen LogP contribution in [0.4, 0.5) is 4.79 Å². The lowest BCUT2D eigenvalue weighted by atomic mass is 9.99. The van der Waals surface area contributed by atoms with Crippen molar-refractivity contribution in [2.45, 2.75) is 65.7 Å². The number of esters is 1. The molecule has 1 N–H and O–H groups in total. The topological polar surface area (TPSA) is 64.6 Å². The third-order valence-corrected chi connectivity index (χ3v) is 3.07. The molecule has 0 saturated heterocycles. The lowest BCUT2D eigenvalue weighted by Crippen LogP contribution is -2.36. The third-order valence-electron chi connectivity index (χ3n) is 3.07. The molecule has 1 aromatic rings. The van der Waals surface area contributed by atoms with Crippen molar-refractivity contribution in [3.8, 4) is 0 Å². The quantitative estimate of drug-likeness (QED) is 0.835. The minimum absolute atomic E-state index is 0.293. The predicted octanol–water partition coefficient (Wildman–Crippen LogP) is 3.90. The van der Waals surface area contributed by atoms with Gasteiger partial charge in [-0.2, -0.15) is 0 Å². The number of nitrogens with one attached hydrogen (secondary N) is 1. The lowest BCUT2D eigenvalue weighted by Gasteiger charge is -2.25. The molecule has 128 valence electrons. The first kappa shape index (κ1) is 19.0. The van der Waals surface area contributed by atoms with Crippen molar-refractivity contribution in [1.29, 1.82) is 0 Å². The predicted molar refractivity (Wildman–Crippen MR) is 89.1 cm³/mol. The van der Waals surface area contributed by atoms with E-state index in [4.69, 9.17) is 9.47 Å². The molecule has 2 atom stereocenters. The largest absolute Gasteiger partial charge is 0.463 e. The number of alkyl carbamates (subject to hydrolysis) is 1. The molecule has 0 fully saturated rings. The molecule has 0 aliphatic carbocycles. The molecule has 0 unspecified atom stereocenters. The van der Waals surface area contributed by atoms with Gasteiger partial charge in [0.1, 0.15) is 11.7 Å². The Kier molecular flexibility index (Phi) is 6.61. The molecule has 0 aliphatic heterocycles. The third kappa shape index (κ3) is 7.68. The van der Waals surface area contributed by atoms with Gasteiger partial charge in [-0.1, -0.05) is 29.8 Å². The zero-order chi connectivity index (χ0) is 17.6. The lowest BCUT2D eigenvalue weighted by molar-refractivity contribution is -0.145. The van der Waals surface area contributed by atoms with E-state index in [0.717, 1.165) is 11.1 Å². The molecule has 0 aromatic heterocycles. The van der Waals surface area contributed by atoms with E-state index in [-0.39, 0.29) is 18.1 Å². The summed E-state index contributed by atoms with van der Waals surface area (Å²) < 4.78 is 10.5. The summed E-state index contributed by atoms with van der Waals surface area (Å²) in [6, 6.07) is 7.58. The summed E-state index contributed by atoms with van der Waals surface area (Å²) in [5.41, 5.74) is 1.48. The van der Waals surface area contributed by atoms with Crippen molar-refractivity contribution in [3.05, 3.63) is 35.4 Å². The van der Waals surface area contributed by atoms with Crippen molar-refractivity contribution in [3.63, 3.8) is 0 Å². The molecule has 0 spiro atoms. The number of ether oxygens (including phenoxy) is 2. The molecule has 5 nitrogen and oxygen atoms in total. The highest BCUT2D eigenvalue weighted by molar-refractivity contribution is 5.68. The van der Waals surface area contributed by atoms with E-state index in [1.165, 1.54) is 6.92 Å². The highest BCUT2D eigenvalue weighted by Gasteiger charge is 2.23. The number of benzene rings is 1. The standard InChI is InChI=1S/C18H27NO4/c1-12-8-7-9-15(10-12)16(11-13(2)22-14(3)20)19-17(21)23-18(4,5)6/h7-10,13,16H,11H2,1-6H3,(H,19,21)/t13-,16+/m1/s1. The minimum Gasteiger partial charge on any atom is -0.463 e. The molecule has 1 amide bonds. The summed E-state index contributed by atoms with van der Waals surface area (Å²) in [6.07, 6.45) is -0.325. The first-order chi connectivity index (χ1) is 10.6. The SMILES string of the molecule is CC(=O)O[C@H](C)C[C@H](NC(=O)OC(C)(C)C)c1cccc(C)c1. The van der Waals surface area contributed by atoms with Gasteiger partial charge < -0.3 is 14.8 Å². The van der Waals surface area contributed by atoms with Gasteiger partial charge in [0.25, 0.3) is 0 Å².